The van der Waals surface area contributed by atoms with Gasteiger partial charge in [0, 0.05) is 10.6 Å². The second-order valence-electron chi connectivity index (χ2n) is 5.94. The van der Waals surface area contributed by atoms with Gasteiger partial charge in [-0.25, -0.2) is 4.98 Å². The Balaban J connectivity index is 1.87. The predicted molar refractivity (Wildman–Crippen MR) is 101 cm³/mol. The zero-order valence-corrected chi connectivity index (χ0v) is 15.2. The van der Waals surface area contributed by atoms with Crippen LogP contribution in [-0.2, 0) is 4.79 Å². The number of benzene rings is 2. The fraction of sp³-hybridized carbons (Fsp3) is 0.150. The second kappa shape index (κ2) is 8.05. The summed E-state index contributed by atoms with van der Waals surface area (Å²) < 4.78 is 5.60. The van der Waals surface area contributed by atoms with Crippen LogP contribution in [0.4, 0.5) is 0 Å². The minimum absolute atomic E-state index is 0.108. The number of carboxylic acids is 1. The molecular weight excluding hydrogens is 368 g/mol. The van der Waals surface area contributed by atoms with Crippen LogP contribution in [0.25, 0.3) is 11.5 Å². The number of hydrogen-bond donors (Lipinski definition) is 2. The molecule has 0 radical (unpaired) electrons. The molecule has 0 saturated heterocycles. The lowest BCUT2D eigenvalue weighted by Gasteiger charge is -2.18. The molecule has 138 valence electrons. The van der Waals surface area contributed by atoms with Gasteiger partial charge in [0.05, 0.1) is 12.5 Å². The van der Waals surface area contributed by atoms with E-state index >= 15 is 0 Å². The Bertz CT molecular complexity index is 969. The van der Waals surface area contributed by atoms with E-state index in [4.69, 9.17) is 16.0 Å². The molecule has 0 aliphatic rings. The molecule has 27 heavy (non-hydrogen) atoms. The standard InChI is InChI=1S/C20H17ClN2O4/c1-12-18(23-20(27-12)13-7-3-2-4-8-13)19(26)22-16(11-17(24)25)14-9-5-6-10-15(14)21/h2-10,16H,11H2,1H3,(H,22,26)(H,24,25)/t16-/m0/s1. The largest absolute Gasteiger partial charge is 0.481 e. The van der Waals surface area contributed by atoms with Crippen molar-refractivity contribution in [2.75, 3.05) is 0 Å². The van der Waals surface area contributed by atoms with E-state index in [-0.39, 0.29) is 12.1 Å². The number of aryl methyl sites for hydroxylation is 1. The summed E-state index contributed by atoms with van der Waals surface area (Å²) in [6.45, 7) is 1.63. The number of nitrogens with one attached hydrogen (secondary N) is 1. The van der Waals surface area contributed by atoms with Gasteiger partial charge in [-0.2, -0.15) is 0 Å². The molecule has 0 aliphatic carbocycles. The van der Waals surface area contributed by atoms with Crippen LogP contribution < -0.4 is 5.32 Å². The Morgan fingerprint density at radius 3 is 2.48 bits per heavy atom. The third-order valence-electron chi connectivity index (χ3n) is 4.00. The quantitative estimate of drug-likeness (QED) is 0.662. The lowest BCUT2D eigenvalue weighted by molar-refractivity contribution is -0.137. The number of carbonyl (C=O) groups excluding carboxylic acids is 1. The molecule has 0 spiro atoms. The van der Waals surface area contributed by atoms with Crippen molar-refractivity contribution in [3.05, 3.63) is 76.6 Å². The van der Waals surface area contributed by atoms with Gasteiger partial charge in [0.2, 0.25) is 5.89 Å². The summed E-state index contributed by atoms with van der Waals surface area (Å²) in [5, 5.41) is 12.3. The second-order valence-corrected chi connectivity index (χ2v) is 6.34. The predicted octanol–water partition coefficient (Wildman–Crippen LogP) is 4.25. The van der Waals surface area contributed by atoms with Gasteiger partial charge < -0.3 is 14.8 Å². The number of nitrogens with zero attached hydrogens (tertiary/aromatic N) is 1. The van der Waals surface area contributed by atoms with E-state index < -0.39 is 17.9 Å². The number of oxazole rings is 1. The van der Waals surface area contributed by atoms with Crippen LogP contribution >= 0.6 is 11.6 Å². The van der Waals surface area contributed by atoms with Gasteiger partial charge in [-0.15, -0.1) is 0 Å². The smallest absolute Gasteiger partial charge is 0.305 e. The number of aromatic nitrogens is 1. The van der Waals surface area contributed by atoms with E-state index in [0.717, 1.165) is 5.56 Å². The summed E-state index contributed by atoms with van der Waals surface area (Å²) in [7, 11) is 0. The summed E-state index contributed by atoms with van der Waals surface area (Å²) in [6, 6.07) is 15.2. The van der Waals surface area contributed by atoms with E-state index in [0.29, 0.717) is 22.2 Å². The van der Waals surface area contributed by atoms with Crippen LogP contribution in [0.15, 0.2) is 59.0 Å². The van der Waals surface area contributed by atoms with Crippen molar-refractivity contribution in [3.8, 4) is 11.5 Å². The highest BCUT2D eigenvalue weighted by atomic mass is 35.5. The topological polar surface area (TPSA) is 92.4 Å². The van der Waals surface area contributed by atoms with Crippen molar-refractivity contribution in [2.24, 2.45) is 0 Å². The van der Waals surface area contributed by atoms with Gasteiger partial charge in [-0.3, -0.25) is 9.59 Å². The lowest BCUT2D eigenvalue weighted by Crippen LogP contribution is -2.31. The van der Waals surface area contributed by atoms with Crippen molar-refractivity contribution in [2.45, 2.75) is 19.4 Å². The number of rotatable bonds is 6. The third kappa shape index (κ3) is 4.35. The molecule has 1 atom stereocenters. The van der Waals surface area contributed by atoms with Gasteiger partial charge in [-0.1, -0.05) is 48.0 Å². The maximum atomic E-state index is 12.7. The van der Waals surface area contributed by atoms with Crippen molar-refractivity contribution >= 4 is 23.5 Å². The van der Waals surface area contributed by atoms with Gasteiger partial charge in [0.1, 0.15) is 5.76 Å². The zero-order chi connectivity index (χ0) is 19.4. The first kappa shape index (κ1) is 18.7. The van der Waals surface area contributed by atoms with E-state index in [2.05, 4.69) is 10.3 Å². The molecule has 2 N–H and O–H groups in total. The molecule has 0 bridgehead atoms. The highest BCUT2D eigenvalue weighted by molar-refractivity contribution is 6.31. The molecule has 0 saturated carbocycles. The van der Waals surface area contributed by atoms with Gasteiger partial charge in [0.25, 0.3) is 5.91 Å². The first-order valence-electron chi connectivity index (χ1n) is 8.25. The van der Waals surface area contributed by atoms with Crippen molar-refractivity contribution in [1.82, 2.24) is 10.3 Å². The highest BCUT2D eigenvalue weighted by Crippen LogP contribution is 2.26. The average molecular weight is 385 g/mol. The highest BCUT2D eigenvalue weighted by Gasteiger charge is 2.24. The summed E-state index contributed by atoms with van der Waals surface area (Å²) in [5.41, 5.74) is 1.38. The number of halogens is 1. The Labute approximate surface area is 160 Å². The Hall–Kier alpha value is -3.12. The molecule has 0 aliphatic heterocycles. The molecule has 1 aromatic heterocycles. The molecule has 3 aromatic rings. The maximum absolute atomic E-state index is 12.7. The van der Waals surface area contributed by atoms with Crippen molar-refractivity contribution in [3.63, 3.8) is 0 Å². The number of amides is 1. The first-order valence-corrected chi connectivity index (χ1v) is 8.63. The number of hydrogen-bond acceptors (Lipinski definition) is 4. The zero-order valence-electron chi connectivity index (χ0n) is 14.5. The summed E-state index contributed by atoms with van der Waals surface area (Å²) in [4.78, 5) is 28.2. The minimum Gasteiger partial charge on any atom is -0.481 e. The van der Waals surface area contributed by atoms with Crippen LogP contribution in [0, 0.1) is 6.92 Å². The molecule has 0 fully saturated rings. The molecule has 7 heteroatoms. The molecule has 1 heterocycles. The van der Waals surface area contributed by atoms with E-state index in [1.807, 2.05) is 30.3 Å². The number of aliphatic carboxylic acids is 1. The third-order valence-corrected chi connectivity index (χ3v) is 4.34. The van der Waals surface area contributed by atoms with Crippen LogP contribution in [-0.4, -0.2) is 22.0 Å². The van der Waals surface area contributed by atoms with E-state index in [1.54, 1.807) is 31.2 Å². The number of carboxylic acid groups (broad SMARTS) is 1. The van der Waals surface area contributed by atoms with Crippen LogP contribution in [0.3, 0.4) is 0 Å². The maximum Gasteiger partial charge on any atom is 0.305 e. The molecule has 3 rings (SSSR count). The fourth-order valence-corrected chi connectivity index (χ4v) is 2.98. The van der Waals surface area contributed by atoms with Crippen molar-refractivity contribution in [1.29, 1.82) is 0 Å². The Morgan fingerprint density at radius 2 is 1.81 bits per heavy atom. The van der Waals surface area contributed by atoms with Crippen LogP contribution in [0.1, 0.15) is 34.3 Å². The SMILES string of the molecule is Cc1oc(-c2ccccc2)nc1C(=O)N[C@@H](CC(=O)O)c1ccccc1Cl. The molecule has 0 unspecified atom stereocenters. The first-order chi connectivity index (χ1) is 13.0. The van der Waals surface area contributed by atoms with E-state index in [9.17, 15) is 14.7 Å². The summed E-state index contributed by atoms with van der Waals surface area (Å²) >= 11 is 6.17. The van der Waals surface area contributed by atoms with Crippen LogP contribution in [0.2, 0.25) is 5.02 Å². The lowest BCUT2D eigenvalue weighted by atomic mass is 10.0. The fourth-order valence-electron chi connectivity index (χ4n) is 2.71. The monoisotopic (exact) mass is 384 g/mol. The van der Waals surface area contributed by atoms with Crippen molar-refractivity contribution < 1.29 is 19.1 Å². The molecule has 6 nitrogen and oxygen atoms in total. The van der Waals surface area contributed by atoms with Gasteiger partial charge >= 0.3 is 5.97 Å². The van der Waals surface area contributed by atoms with Gasteiger partial charge in [-0.05, 0) is 30.7 Å². The summed E-state index contributed by atoms with van der Waals surface area (Å²) in [5.74, 6) is -0.906. The average Bonchev–Trinajstić information content (AvgIpc) is 3.04. The molecular formula is C20H17ClN2O4. The summed E-state index contributed by atoms with van der Waals surface area (Å²) in [6.07, 6.45) is -0.308. The number of carbonyl (C=O) groups is 2. The molecule has 1 amide bonds. The van der Waals surface area contributed by atoms with Crippen LogP contribution in [0.5, 0.6) is 0 Å². The minimum atomic E-state index is -1.05. The Kier molecular flexibility index (Phi) is 5.57. The van der Waals surface area contributed by atoms with Gasteiger partial charge in [0.15, 0.2) is 5.69 Å². The van der Waals surface area contributed by atoms with E-state index in [1.165, 1.54) is 0 Å². The normalized spacial score (nSPS) is 11.8. The Morgan fingerprint density at radius 1 is 1.15 bits per heavy atom. The molecule has 2 aromatic carbocycles.